The zero-order chi connectivity index (χ0) is 20.4. The van der Waals surface area contributed by atoms with E-state index in [2.05, 4.69) is 20.4 Å². The molecule has 1 N–H and O–H groups in total. The Morgan fingerprint density at radius 3 is 2.45 bits per heavy atom. The van der Waals surface area contributed by atoms with Gasteiger partial charge in [-0.15, -0.1) is 0 Å². The second-order valence-electron chi connectivity index (χ2n) is 7.00. The van der Waals surface area contributed by atoms with Crippen LogP contribution in [0, 0.1) is 13.8 Å². The number of urea groups is 1. The van der Waals surface area contributed by atoms with Crippen molar-refractivity contribution in [1.82, 2.24) is 15.0 Å². The van der Waals surface area contributed by atoms with Gasteiger partial charge in [-0.3, -0.25) is 0 Å². The van der Waals surface area contributed by atoms with Crippen molar-refractivity contribution in [3.8, 4) is 11.4 Å². The van der Waals surface area contributed by atoms with Crippen molar-refractivity contribution in [1.29, 1.82) is 0 Å². The fraction of sp³-hybridized carbons (Fsp3) is 0.286. The van der Waals surface area contributed by atoms with Gasteiger partial charge in [-0.25, -0.2) is 4.79 Å². The Bertz CT molecular complexity index is 1010. The lowest BCUT2D eigenvalue weighted by Gasteiger charge is -2.36. The van der Waals surface area contributed by atoms with E-state index >= 15 is 0 Å². The lowest BCUT2D eigenvalue weighted by atomic mass is 10.1. The van der Waals surface area contributed by atoms with Crippen molar-refractivity contribution >= 4 is 29.0 Å². The number of hydrogen-bond donors (Lipinski definition) is 1. The maximum absolute atomic E-state index is 12.6. The molecule has 1 aromatic heterocycles. The van der Waals surface area contributed by atoms with Crippen molar-refractivity contribution in [2.75, 3.05) is 36.4 Å². The number of carbonyl (C=O) groups excluding carboxylic acids is 1. The molecule has 0 saturated carbocycles. The molecule has 1 saturated heterocycles. The standard InChI is InChI=1S/C21H22ClN5O2/c1-14-18(22)4-3-5-19(14)24-21(28)27-12-10-26(11-13-27)17-8-6-16(7-9-17)20-23-15(2)29-25-20/h3-9H,10-13H2,1-2H3,(H,24,28). The molecule has 1 aliphatic heterocycles. The molecule has 3 aromatic rings. The van der Waals surface area contributed by atoms with E-state index in [1.165, 1.54) is 0 Å². The molecule has 2 heterocycles. The summed E-state index contributed by atoms with van der Waals surface area (Å²) in [5.41, 5.74) is 3.65. The Hall–Kier alpha value is -3.06. The minimum atomic E-state index is -0.0992. The highest BCUT2D eigenvalue weighted by molar-refractivity contribution is 6.31. The first-order chi connectivity index (χ1) is 14.0. The summed E-state index contributed by atoms with van der Waals surface area (Å²) in [7, 11) is 0. The van der Waals surface area contributed by atoms with E-state index in [1.54, 1.807) is 6.92 Å². The Labute approximate surface area is 174 Å². The summed E-state index contributed by atoms with van der Waals surface area (Å²) < 4.78 is 5.03. The molecule has 150 valence electrons. The molecule has 8 heteroatoms. The van der Waals surface area contributed by atoms with Crippen LogP contribution in [-0.4, -0.2) is 47.3 Å². The van der Waals surface area contributed by atoms with Gasteiger partial charge < -0.3 is 19.6 Å². The van der Waals surface area contributed by atoms with Gasteiger partial charge in [-0.1, -0.05) is 22.8 Å². The van der Waals surface area contributed by atoms with E-state index in [4.69, 9.17) is 16.1 Å². The number of nitrogens with one attached hydrogen (secondary N) is 1. The molecule has 0 atom stereocenters. The average Bonchev–Trinajstić information content (AvgIpc) is 3.18. The minimum absolute atomic E-state index is 0.0992. The normalized spacial score (nSPS) is 14.2. The van der Waals surface area contributed by atoms with Crippen LogP contribution >= 0.6 is 11.6 Å². The smallest absolute Gasteiger partial charge is 0.321 e. The highest BCUT2D eigenvalue weighted by Gasteiger charge is 2.22. The van der Waals surface area contributed by atoms with Crippen LogP contribution in [-0.2, 0) is 0 Å². The lowest BCUT2D eigenvalue weighted by molar-refractivity contribution is 0.208. The Morgan fingerprint density at radius 2 is 1.79 bits per heavy atom. The van der Waals surface area contributed by atoms with Crippen LogP contribution in [0.15, 0.2) is 47.0 Å². The van der Waals surface area contributed by atoms with Gasteiger partial charge in [-0.2, -0.15) is 4.98 Å². The number of nitrogens with zero attached hydrogens (tertiary/aromatic N) is 4. The molecular formula is C21H22ClN5O2. The van der Waals surface area contributed by atoms with Crippen molar-refractivity contribution in [3.63, 3.8) is 0 Å². The Balaban J connectivity index is 1.35. The third-order valence-corrected chi connectivity index (χ3v) is 5.50. The maximum Gasteiger partial charge on any atom is 0.321 e. The highest BCUT2D eigenvalue weighted by Crippen LogP contribution is 2.24. The van der Waals surface area contributed by atoms with E-state index in [0.29, 0.717) is 29.8 Å². The first-order valence-electron chi connectivity index (χ1n) is 9.48. The molecule has 1 aliphatic rings. The molecule has 0 unspecified atom stereocenters. The predicted octanol–water partition coefficient (Wildman–Crippen LogP) is 4.36. The number of carbonyl (C=O) groups is 1. The van der Waals surface area contributed by atoms with Crippen LogP contribution in [0.4, 0.5) is 16.2 Å². The van der Waals surface area contributed by atoms with Crippen LogP contribution in [0.25, 0.3) is 11.4 Å². The number of halogens is 1. The van der Waals surface area contributed by atoms with Crippen LogP contribution in [0.5, 0.6) is 0 Å². The molecule has 7 nitrogen and oxygen atoms in total. The van der Waals surface area contributed by atoms with Crippen LogP contribution in [0.2, 0.25) is 5.02 Å². The van der Waals surface area contributed by atoms with Gasteiger partial charge in [0.05, 0.1) is 0 Å². The number of rotatable bonds is 3. The molecular weight excluding hydrogens is 390 g/mol. The van der Waals surface area contributed by atoms with Crippen LogP contribution < -0.4 is 10.2 Å². The zero-order valence-corrected chi connectivity index (χ0v) is 17.1. The first kappa shape index (κ1) is 19.3. The van der Waals surface area contributed by atoms with E-state index in [-0.39, 0.29) is 6.03 Å². The summed E-state index contributed by atoms with van der Waals surface area (Å²) in [4.78, 5) is 20.9. The zero-order valence-electron chi connectivity index (χ0n) is 16.4. The number of amides is 2. The number of benzene rings is 2. The first-order valence-corrected chi connectivity index (χ1v) is 9.86. The van der Waals surface area contributed by atoms with E-state index in [0.717, 1.165) is 35.6 Å². The van der Waals surface area contributed by atoms with Gasteiger partial charge in [0.25, 0.3) is 0 Å². The summed E-state index contributed by atoms with van der Waals surface area (Å²) in [5.74, 6) is 1.14. The topological polar surface area (TPSA) is 74.5 Å². The summed E-state index contributed by atoms with van der Waals surface area (Å²) >= 11 is 6.14. The van der Waals surface area contributed by atoms with E-state index in [1.807, 2.05) is 54.3 Å². The van der Waals surface area contributed by atoms with Gasteiger partial charge in [-0.05, 0) is 48.9 Å². The minimum Gasteiger partial charge on any atom is -0.368 e. The average molecular weight is 412 g/mol. The second-order valence-corrected chi connectivity index (χ2v) is 7.41. The molecule has 0 aliphatic carbocycles. The highest BCUT2D eigenvalue weighted by atomic mass is 35.5. The van der Waals surface area contributed by atoms with Crippen molar-refractivity contribution in [3.05, 3.63) is 58.9 Å². The van der Waals surface area contributed by atoms with Crippen molar-refractivity contribution < 1.29 is 9.32 Å². The van der Waals surface area contributed by atoms with E-state index in [9.17, 15) is 4.79 Å². The van der Waals surface area contributed by atoms with Gasteiger partial charge in [0.15, 0.2) is 0 Å². The molecule has 0 bridgehead atoms. The molecule has 2 amide bonds. The third kappa shape index (κ3) is 4.19. The quantitative estimate of drug-likeness (QED) is 0.693. The molecule has 2 aromatic carbocycles. The van der Waals surface area contributed by atoms with E-state index < -0.39 is 0 Å². The monoisotopic (exact) mass is 411 g/mol. The van der Waals surface area contributed by atoms with Crippen LogP contribution in [0.1, 0.15) is 11.5 Å². The Kier molecular flexibility index (Phi) is 5.40. The molecule has 4 rings (SSSR count). The number of anilines is 2. The van der Waals surface area contributed by atoms with Gasteiger partial charge >= 0.3 is 6.03 Å². The lowest BCUT2D eigenvalue weighted by Crippen LogP contribution is -2.50. The van der Waals surface area contributed by atoms with Gasteiger partial charge in [0.2, 0.25) is 11.7 Å². The molecule has 0 radical (unpaired) electrons. The summed E-state index contributed by atoms with van der Waals surface area (Å²) in [5, 5.41) is 7.55. The second kappa shape index (κ2) is 8.13. The molecule has 0 spiro atoms. The van der Waals surface area contributed by atoms with Gasteiger partial charge in [0, 0.05) is 55.1 Å². The SMILES string of the molecule is Cc1nc(-c2ccc(N3CCN(C(=O)Nc4cccc(Cl)c4C)CC3)cc2)no1. The fourth-order valence-corrected chi connectivity index (χ4v) is 3.52. The van der Waals surface area contributed by atoms with Crippen LogP contribution in [0.3, 0.4) is 0 Å². The van der Waals surface area contributed by atoms with Crippen molar-refractivity contribution in [2.45, 2.75) is 13.8 Å². The largest absolute Gasteiger partial charge is 0.368 e. The van der Waals surface area contributed by atoms with Gasteiger partial charge in [0.1, 0.15) is 0 Å². The maximum atomic E-state index is 12.6. The number of aryl methyl sites for hydroxylation is 1. The third-order valence-electron chi connectivity index (χ3n) is 5.09. The van der Waals surface area contributed by atoms with Crippen molar-refractivity contribution in [2.24, 2.45) is 0 Å². The molecule has 1 fully saturated rings. The number of hydrogen-bond acceptors (Lipinski definition) is 5. The fourth-order valence-electron chi connectivity index (χ4n) is 3.34. The predicted molar refractivity (Wildman–Crippen MR) is 113 cm³/mol. The molecule has 29 heavy (non-hydrogen) atoms. The number of piperazine rings is 1. The summed E-state index contributed by atoms with van der Waals surface area (Å²) in [6.07, 6.45) is 0. The summed E-state index contributed by atoms with van der Waals surface area (Å²) in [6, 6.07) is 13.5. The number of aromatic nitrogens is 2. The Morgan fingerprint density at radius 1 is 1.07 bits per heavy atom. The summed E-state index contributed by atoms with van der Waals surface area (Å²) in [6.45, 7) is 6.50.